The fraction of sp³-hybridized carbons (Fsp3) is 0.333. The zero-order valence-electron chi connectivity index (χ0n) is 14.9. The number of nitrogens with zero attached hydrogens (tertiary/aromatic N) is 1. The van der Waals surface area contributed by atoms with Gasteiger partial charge in [-0.2, -0.15) is 0 Å². The number of thiophene rings is 1. The highest BCUT2D eigenvalue weighted by molar-refractivity contribution is 7.10. The van der Waals surface area contributed by atoms with Crippen molar-refractivity contribution in [2.75, 3.05) is 0 Å². The second kappa shape index (κ2) is 7.08. The number of carbonyl (C=O) groups is 1. The van der Waals surface area contributed by atoms with Crippen LogP contribution < -0.4 is 5.32 Å². The smallest absolute Gasteiger partial charge is 0.274 e. The Hall–Kier alpha value is -2.40. The first-order chi connectivity index (χ1) is 12.6. The molecule has 0 aliphatic heterocycles. The summed E-state index contributed by atoms with van der Waals surface area (Å²) in [7, 11) is 0. The Balaban J connectivity index is 1.57. The van der Waals surface area contributed by atoms with Gasteiger partial charge in [0, 0.05) is 16.9 Å². The van der Waals surface area contributed by atoms with Crippen LogP contribution in [-0.2, 0) is 0 Å². The molecule has 2 aromatic heterocycles. The molecule has 4 nitrogen and oxygen atoms in total. The topological polar surface area (TPSA) is 55.1 Å². The molecule has 5 heteroatoms. The normalized spacial score (nSPS) is 15.2. The second-order valence-electron chi connectivity index (χ2n) is 7.13. The summed E-state index contributed by atoms with van der Waals surface area (Å²) in [5.41, 5.74) is 2.71. The quantitative estimate of drug-likeness (QED) is 0.648. The van der Waals surface area contributed by atoms with E-state index in [0.29, 0.717) is 17.5 Å². The summed E-state index contributed by atoms with van der Waals surface area (Å²) < 4.78 is 5.32. The predicted molar refractivity (Wildman–Crippen MR) is 103 cm³/mol. The molecule has 1 aliphatic carbocycles. The van der Waals surface area contributed by atoms with E-state index < -0.39 is 0 Å². The first-order valence-electron chi connectivity index (χ1n) is 9.02. The van der Waals surface area contributed by atoms with Gasteiger partial charge in [-0.05, 0) is 41.3 Å². The lowest BCUT2D eigenvalue weighted by atomic mass is 9.98. The number of benzene rings is 1. The van der Waals surface area contributed by atoms with Gasteiger partial charge in [-0.15, -0.1) is 11.3 Å². The van der Waals surface area contributed by atoms with Crippen LogP contribution >= 0.6 is 11.3 Å². The fourth-order valence-corrected chi connectivity index (χ4v) is 3.81. The summed E-state index contributed by atoms with van der Waals surface area (Å²) in [6.45, 7) is 4.35. The zero-order chi connectivity index (χ0) is 18.1. The number of hydrogen-bond donors (Lipinski definition) is 1. The molecule has 0 bridgehead atoms. The van der Waals surface area contributed by atoms with Crippen LogP contribution in [0.4, 0.5) is 0 Å². The van der Waals surface area contributed by atoms with Gasteiger partial charge in [-0.3, -0.25) is 4.79 Å². The molecule has 0 spiro atoms. The maximum absolute atomic E-state index is 12.7. The molecule has 0 radical (unpaired) electrons. The average Bonchev–Trinajstić information content (AvgIpc) is 3.14. The minimum Gasteiger partial charge on any atom is -0.360 e. The fourth-order valence-electron chi connectivity index (χ4n) is 3.01. The largest absolute Gasteiger partial charge is 0.360 e. The molecule has 1 atom stereocenters. The molecule has 26 heavy (non-hydrogen) atoms. The van der Waals surface area contributed by atoms with E-state index in [2.05, 4.69) is 48.6 Å². The van der Waals surface area contributed by atoms with E-state index in [9.17, 15) is 4.79 Å². The average molecular weight is 366 g/mol. The van der Waals surface area contributed by atoms with Gasteiger partial charge < -0.3 is 9.84 Å². The van der Waals surface area contributed by atoms with Gasteiger partial charge >= 0.3 is 0 Å². The van der Waals surface area contributed by atoms with Gasteiger partial charge in [0.2, 0.25) is 0 Å². The van der Waals surface area contributed by atoms with Crippen molar-refractivity contribution in [3.05, 3.63) is 75.3 Å². The highest BCUT2D eigenvalue weighted by Gasteiger charge is 2.29. The maximum atomic E-state index is 12.7. The number of carbonyl (C=O) groups excluding carboxylic acids is 1. The van der Waals surface area contributed by atoms with E-state index >= 15 is 0 Å². The molecule has 4 rings (SSSR count). The van der Waals surface area contributed by atoms with Crippen molar-refractivity contribution in [2.24, 2.45) is 0 Å². The number of amides is 1. The Labute approximate surface area is 157 Å². The highest BCUT2D eigenvalue weighted by Crippen LogP contribution is 2.40. The van der Waals surface area contributed by atoms with E-state index in [1.165, 1.54) is 5.56 Å². The van der Waals surface area contributed by atoms with Crippen molar-refractivity contribution in [1.82, 2.24) is 10.5 Å². The van der Waals surface area contributed by atoms with Crippen molar-refractivity contribution in [2.45, 2.75) is 44.6 Å². The Morgan fingerprint density at radius 3 is 2.54 bits per heavy atom. The molecule has 0 saturated heterocycles. The Morgan fingerprint density at radius 2 is 1.92 bits per heavy atom. The lowest BCUT2D eigenvalue weighted by Gasteiger charge is -2.18. The molecular weight excluding hydrogens is 344 g/mol. The van der Waals surface area contributed by atoms with Crippen molar-refractivity contribution in [3.8, 4) is 0 Å². The summed E-state index contributed by atoms with van der Waals surface area (Å²) in [4.78, 5) is 13.8. The van der Waals surface area contributed by atoms with E-state index in [-0.39, 0.29) is 11.9 Å². The van der Waals surface area contributed by atoms with Crippen molar-refractivity contribution in [3.63, 3.8) is 0 Å². The number of hydrogen-bond acceptors (Lipinski definition) is 4. The minimum absolute atomic E-state index is 0.190. The third kappa shape index (κ3) is 3.58. The highest BCUT2D eigenvalue weighted by atomic mass is 32.1. The van der Waals surface area contributed by atoms with Crippen LogP contribution in [0.3, 0.4) is 0 Å². The zero-order valence-corrected chi connectivity index (χ0v) is 15.8. The van der Waals surface area contributed by atoms with Crippen LogP contribution in [0.5, 0.6) is 0 Å². The van der Waals surface area contributed by atoms with Crippen LogP contribution in [0, 0.1) is 0 Å². The molecule has 2 heterocycles. The molecule has 134 valence electrons. The molecule has 1 saturated carbocycles. The lowest BCUT2D eigenvalue weighted by Crippen LogP contribution is -2.29. The van der Waals surface area contributed by atoms with Gasteiger partial charge in [-0.1, -0.05) is 49.3 Å². The van der Waals surface area contributed by atoms with Crippen molar-refractivity contribution < 1.29 is 9.32 Å². The van der Waals surface area contributed by atoms with E-state index in [0.717, 1.165) is 29.0 Å². The molecule has 1 N–H and O–H groups in total. The number of rotatable bonds is 6. The summed E-state index contributed by atoms with van der Waals surface area (Å²) in [6, 6.07) is 14.1. The molecule has 1 fully saturated rings. The second-order valence-corrected chi connectivity index (χ2v) is 8.11. The molecular formula is C21H22N2O2S. The van der Waals surface area contributed by atoms with E-state index in [1.54, 1.807) is 17.4 Å². The SMILES string of the molecule is CC(C)c1ccc([C@@H](NC(=O)c2cc(C3CC3)on2)c2cccs2)cc1. The minimum atomic E-state index is -0.202. The Kier molecular flexibility index (Phi) is 4.64. The first kappa shape index (κ1) is 17.0. The molecule has 3 aromatic rings. The van der Waals surface area contributed by atoms with Crippen LogP contribution in [0.15, 0.2) is 52.4 Å². The van der Waals surface area contributed by atoms with Gasteiger partial charge in [-0.25, -0.2) is 0 Å². The molecule has 1 aliphatic rings. The number of nitrogens with one attached hydrogen (secondary N) is 1. The predicted octanol–water partition coefficient (Wildman–Crippen LogP) is 5.26. The third-order valence-corrected chi connectivity index (χ3v) is 5.72. The summed E-state index contributed by atoms with van der Waals surface area (Å²) in [5, 5.41) is 9.11. The van der Waals surface area contributed by atoms with Crippen LogP contribution in [0.1, 0.15) is 76.8 Å². The Bertz CT molecular complexity index is 877. The molecule has 1 amide bonds. The van der Waals surface area contributed by atoms with E-state index in [4.69, 9.17) is 4.52 Å². The number of aromatic nitrogens is 1. The summed E-state index contributed by atoms with van der Waals surface area (Å²) >= 11 is 1.64. The maximum Gasteiger partial charge on any atom is 0.274 e. The first-order valence-corrected chi connectivity index (χ1v) is 9.90. The summed E-state index contributed by atoms with van der Waals surface area (Å²) in [6.07, 6.45) is 2.24. The van der Waals surface area contributed by atoms with Crippen molar-refractivity contribution in [1.29, 1.82) is 0 Å². The lowest BCUT2D eigenvalue weighted by molar-refractivity contribution is 0.0934. The van der Waals surface area contributed by atoms with Crippen LogP contribution in [0.25, 0.3) is 0 Å². The molecule has 0 unspecified atom stereocenters. The van der Waals surface area contributed by atoms with E-state index in [1.807, 2.05) is 17.5 Å². The Morgan fingerprint density at radius 1 is 1.19 bits per heavy atom. The standard InChI is InChI=1S/C21H22N2O2S/c1-13(2)14-5-9-16(10-6-14)20(19-4-3-11-26-19)22-21(24)17-12-18(25-23-17)15-7-8-15/h3-6,9-13,15,20H,7-8H2,1-2H3,(H,22,24)/t20-/m1/s1. The third-order valence-electron chi connectivity index (χ3n) is 4.78. The van der Waals surface area contributed by atoms with Crippen LogP contribution in [-0.4, -0.2) is 11.1 Å². The van der Waals surface area contributed by atoms with Gasteiger partial charge in [0.15, 0.2) is 5.69 Å². The van der Waals surface area contributed by atoms with Crippen LogP contribution in [0.2, 0.25) is 0 Å². The van der Waals surface area contributed by atoms with Gasteiger partial charge in [0.05, 0.1) is 6.04 Å². The molecule has 1 aromatic carbocycles. The van der Waals surface area contributed by atoms with Gasteiger partial charge in [0.1, 0.15) is 5.76 Å². The monoisotopic (exact) mass is 366 g/mol. The van der Waals surface area contributed by atoms with Crippen molar-refractivity contribution >= 4 is 17.2 Å². The van der Waals surface area contributed by atoms with Gasteiger partial charge in [0.25, 0.3) is 5.91 Å². The summed E-state index contributed by atoms with van der Waals surface area (Å²) in [5.74, 6) is 1.55.